The number of hydrogen-bond donors (Lipinski definition) is 1. The van der Waals surface area contributed by atoms with E-state index in [-0.39, 0.29) is 0 Å². The molecule has 0 atom stereocenters. The summed E-state index contributed by atoms with van der Waals surface area (Å²) in [5.41, 5.74) is 1.28. The summed E-state index contributed by atoms with van der Waals surface area (Å²) in [5, 5.41) is 3.27. The minimum Gasteiger partial charge on any atom is -0.492 e. The monoisotopic (exact) mass is 153 g/mol. The SMILES string of the molecule is CC=CC1=C(C)CNCCO1. The van der Waals surface area contributed by atoms with Gasteiger partial charge in [0.25, 0.3) is 0 Å². The summed E-state index contributed by atoms with van der Waals surface area (Å²) in [6, 6.07) is 0. The molecular formula is C9H15NO. The van der Waals surface area contributed by atoms with E-state index in [1.165, 1.54) is 5.57 Å². The van der Waals surface area contributed by atoms with Crippen molar-refractivity contribution in [2.24, 2.45) is 0 Å². The Balaban J connectivity index is 2.67. The van der Waals surface area contributed by atoms with Gasteiger partial charge in [0.1, 0.15) is 12.4 Å². The lowest BCUT2D eigenvalue weighted by molar-refractivity contribution is 0.231. The zero-order valence-corrected chi connectivity index (χ0v) is 7.18. The van der Waals surface area contributed by atoms with Crippen LogP contribution in [0.1, 0.15) is 13.8 Å². The molecule has 0 fully saturated rings. The predicted molar refractivity (Wildman–Crippen MR) is 46.3 cm³/mol. The lowest BCUT2D eigenvalue weighted by Gasteiger charge is -2.03. The van der Waals surface area contributed by atoms with Crippen molar-refractivity contribution >= 4 is 0 Å². The van der Waals surface area contributed by atoms with Crippen LogP contribution in [0.15, 0.2) is 23.5 Å². The highest BCUT2D eigenvalue weighted by atomic mass is 16.5. The third-order valence-corrected chi connectivity index (χ3v) is 1.67. The molecule has 0 spiro atoms. The molecule has 0 bridgehead atoms. The van der Waals surface area contributed by atoms with Crippen LogP contribution in [-0.4, -0.2) is 19.7 Å². The summed E-state index contributed by atoms with van der Waals surface area (Å²) in [6.45, 7) is 6.75. The van der Waals surface area contributed by atoms with E-state index in [0.29, 0.717) is 0 Å². The van der Waals surface area contributed by atoms with Crippen LogP contribution in [0.5, 0.6) is 0 Å². The van der Waals surface area contributed by atoms with Gasteiger partial charge in [-0.05, 0) is 25.5 Å². The van der Waals surface area contributed by atoms with Crippen molar-refractivity contribution in [1.29, 1.82) is 0 Å². The fourth-order valence-electron chi connectivity index (χ4n) is 1.06. The van der Waals surface area contributed by atoms with E-state index in [4.69, 9.17) is 4.74 Å². The van der Waals surface area contributed by atoms with Crippen molar-refractivity contribution in [2.45, 2.75) is 13.8 Å². The summed E-state index contributed by atoms with van der Waals surface area (Å²) in [7, 11) is 0. The van der Waals surface area contributed by atoms with Crippen molar-refractivity contribution in [1.82, 2.24) is 5.32 Å². The Bertz CT molecular complexity index is 182. The van der Waals surface area contributed by atoms with E-state index in [0.717, 1.165) is 25.5 Å². The average Bonchev–Trinajstić information content (AvgIpc) is 2.18. The molecule has 62 valence electrons. The molecule has 1 aliphatic heterocycles. The molecule has 0 saturated heterocycles. The number of allylic oxidation sites excluding steroid dienone is 2. The molecule has 2 heteroatoms. The first-order valence-corrected chi connectivity index (χ1v) is 4.00. The maximum absolute atomic E-state index is 5.49. The van der Waals surface area contributed by atoms with Gasteiger partial charge in [0.2, 0.25) is 0 Å². The van der Waals surface area contributed by atoms with Crippen LogP contribution in [-0.2, 0) is 4.74 Å². The van der Waals surface area contributed by atoms with Crippen LogP contribution in [0.3, 0.4) is 0 Å². The molecule has 0 radical (unpaired) electrons. The van der Waals surface area contributed by atoms with Gasteiger partial charge in [0.05, 0.1) is 0 Å². The van der Waals surface area contributed by atoms with E-state index in [1.54, 1.807) is 0 Å². The molecule has 0 aromatic carbocycles. The second-order valence-corrected chi connectivity index (χ2v) is 2.67. The predicted octanol–water partition coefficient (Wildman–Crippen LogP) is 1.46. The van der Waals surface area contributed by atoms with Crippen LogP contribution in [0, 0.1) is 0 Å². The highest BCUT2D eigenvalue weighted by molar-refractivity contribution is 5.20. The normalized spacial score (nSPS) is 20.2. The lowest BCUT2D eigenvalue weighted by Crippen LogP contribution is -2.17. The zero-order valence-electron chi connectivity index (χ0n) is 7.18. The fraction of sp³-hybridized carbons (Fsp3) is 0.556. The van der Waals surface area contributed by atoms with Crippen LogP contribution in [0.25, 0.3) is 0 Å². The van der Waals surface area contributed by atoms with Crippen molar-refractivity contribution in [2.75, 3.05) is 19.7 Å². The molecule has 1 heterocycles. The van der Waals surface area contributed by atoms with Crippen LogP contribution < -0.4 is 5.32 Å². The highest BCUT2D eigenvalue weighted by Gasteiger charge is 2.03. The first-order chi connectivity index (χ1) is 5.34. The molecular weight excluding hydrogens is 138 g/mol. The molecule has 0 aromatic rings. The first-order valence-electron chi connectivity index (χ1n) is 4.00. The number of ether oxygens (including phenoxy) is 1. The summed E-state index contributed by atoms with van der Waals surface area (Å²) in [4.78, 5) is 0. The van der Waals surface area contributed by atoms with Gasteiger partial charge in [0, 0.05) is 13.1 Å². The molecule has 0 aromatic heterocycles. The highest BCUT2D eigenvalue weighted by Crippen LogP contribution is 2.08. The Morgan fingerprint density at radius 2 is 2.36 bits per heavy atom. The first kappa shape index (κ1) is 8.34. The van der Waals surface area contributed by atoms with Crippen molar-refractivity contribution in [3.63, 3.8) is 0 Å². The zero-order chi connectivity index (χ0) is 8.10. The summed E-state index contributed by atoms with van der Waals surface area (Å²) < 4.78 is 5.49. The van der Waals surface area contributed by atoms with E-state index < -0.39 is 0 Å². The minimum atomic E-state index is 0.775. The topological polar surface area (TPSA) is 21.3 Å². The molecule has 1 rings (SSSR count). The van der Waals surface area contributed by atoms with E-state index in [9.17, 15) is 0 Å². The maximum atomic E-state index is 5.49. The maximum Gasteiger partial charge on any atom is 0.119 e. The van der Waals surface area contributed by atoms with E-state index >= 15 is 0 Å². The Hall–Kier alpha value is -0.760. The van der Waals surface area contributed by atoms with Gasteiger partial charge >= 0.3 is 0 Å². The second kappa shape index (κ2) is 4.19. The van der Waals surface area contributed by atoms with Gasteiger partial charge in [0.15, 0.2) is 0 Å². The van der Waals surface area contributed by atoms with Crippen molar-refractivity contribution in [3.8, 4) is 0 Å². The van der Waals surface area contributed by atoms with Crippen molar-refractivity contribution in [3.05, 3.63) is 23.5 Å². The molecule has 1 aliphatic rings. The van der Waals surface area contributed by atoms with Gasteiger partial charge < -0.3 is 10.1 Å². The average molecular weight is 153 g/mol. The fourth-order valence-corrected chi connectivity index (χ4v) is 1.06. The third kappa shape index (κ3) is 2.39. The lowest BCUT2D eigenvalue weighted by atomic mass is 10.2. The number of nitrogens with one attached hydrogen (secondary N) is 1. The Morgan fingerprint density at radius 1 is 1.55 bits per heavy atom. The molecule has 0 aliphatic carbocycles. The standard InChI is InChI=1S/C9H15NO/c1-3-4-9-8(2)7-10-5-6-11-9/h3-4,10H,5-7H2,1-2H3. The molecule has 1 N–H and O–H groups in total. The van der Waals surface area contributed by atoms with E-state index in [2.05, 4.69) is 12.2 Å². The van der Waals surface area contributed by atoms with Crippen LogP contribution in [0.2, 0.25) is 0 Å². The molecule has 0 unspecified atom stereocenters. The van der Waals surface area contributed by atoms with Crippen molar-refractivity contribution < 1.29 is 4.74 Å². The number of rotatable bonds is 1. The molecule has 2 nitrogen and oxygen atoms in total. The smallest absolute Gasteiger partial charge is 0.119 e. The van der Waals surface area contributed by atoms with Gasteiger partial charge in [-0.3, -0.25) is 0 Å². The summed E-state index contributed by atoms with van der Waals surface area (Å²) >= 11 is 0. The number of hydrogen-bond acceptors (Lipinski definition) is 2. The van der Waals surface area contributed by atoms with Crippen LogP contribution in [0.4, 0.5) is 0 Å². The minimum absolute atomic E-state index is 0.775. The molecule has 11 heavy (non-hydrogen) atoms. The van der Waals surface area contributed by atoms with Crippen LogP contribution >= 0.6 is 0 Å². The molecule has 0 saturated carbocycles. The Morgan fingerprint density at radius 3 is 3.09 bits per heavy atom. The summed E-state index contributed by atoms with van der Waals surface area (Å²) in [6.07, 6.45) is 4.02. The van der Waals surface area contributed by atoms with E-state index in [1.807, 2.05) is 19.1 Å². The van der Waals surface area contributed by atoms with Gasteiger partial charge in [-0.1, -0.05) is 6.08 Å². The Kier molecular flexibility index (Phi) is 3.17. The van der Waals surface area contributed by atoms with Gasteiger partial charge in [-0.15, -0.1) is 0 Å². The third-order valence-electron chi connectivity index (χ3n) is 1.67. The summed E-state index contributed by atoms with van der Waals surface area (Å²) in [5.74, 6) is 1.03. The van der Waals surface area contributed by atoms with Gasteiger partial charge in [-0.25, -0.2) is 0 Å². The quantitative estimate of drug-likeness (QED) is 0.615. The Labute approximate surface area is 67.9 Å². The second-order valence-electron chi connectivity index (χ2n) is 2.67. The van der Waals surface area contributed by atoms with Gasteiger partial charge in [-0.2, -0.15) is 0 Å². The largest absolute Gasteiger partial charge is 0.492 e. The molecule has 0 amide bonds.